The molecular weight excluding hydrogens is 130 g/mol. The summed E-state index contributed by atoms with van der Waals surface area (Å²) in [6.45, 7) is 0. The summed E-state index contributed by atoms with van der Waals surface area (Å²) in [5, 5.41) is 3.93. The third-order valence-electron chi connectivity index (χ3n) is 1.12. The maximum absolute atomic E-state index is 4.64. The summed E-state index contributed by atoms with van der Waals surface area (Å²) in [4.78, 5) is 3.77. The van der Waals surface area contributed by atoms with Gasteiger partial charge >= 0.3 is 0 Å². The van der Waals surface area contributed by atoms with E-state index in [9.17, 15) is 0 Å². The van der Waals surface area contributed by atoms with Crippen LogP contribution in [0.4, 0.5) is 0 Å². The van der Waals surface area contributed by atoms with Gasteiger partial charge in [0.15, 0.2) is 5.82 Å². The predicted octanol–water partition coefficient (Wildman–Crippen LogP) is 0.660. The molecule has 0 N–H and O–H groups in total. The molecule has 2 rings (SSSR count). The van der Waals surface area contributed by atoms with E-state index in [1.165, 1.54) is 6.26 Å². The third kappa shape index (κ3) is 0.699. The molecule has 0 saturated carbocycles. The molecule has 2 aromatic heterocycles. The minimum Gasteiger partial charge on any atom is -0.439 e. The van der Waals surface area contributed by atoms with Crippen LogP contribution in [0.15, 0.2) is 29.1 Å². The normalized spacial score (nSPS) is 10.0. The van der Waals surface area contributed by atoms with Crippen LogP contribution in [-0.2, 0) is 0 Å². The first kappa shape index (κ1) is 5.22. The molecule has 2 heterocycles. The first-order chi connectivity index (χ1) is 4.97. The number of aromatic nitrogens is 3. The average Bonchev–Trinajstić information content (AvgIpc) is 2.59. The van der Waals surface area contributed by atoms with E-state index in [4.69, 9.17) is 0 Å². The first-order valence-corrected chi connectivity index (χ1v) is 2.78. The molecule has 0 unspecified atom stereocenters. The maximum atomic E-state index is 4.64. The Morgan fingerprint density at radius 2 is 2.60 bits per heavy atom. The Balaban J connectivity index is 2.48. The summed E-state index contributed by atoms with van der Waals surface area (Å²) in [7, 11) is 0. The van der Waals surface area contributed by atoms with Crippen molar-refractivity contribution in [1.82, 2.24) is 14.8 Å². The summed E-state index contributed by atoms with van der Waals surface area (Å²) in [6.07, 6.45) is 7.27. The first-order valence-electron chi connectivity index (χ1n) is 2.78. The van der Waals surface area contributed by atoms with Gasteiger partial charge in [-0.2, -0.15) is 10.1 Å². The van der Waals surface area contributed by atoms with E-state index < -0.39 is 0 Å². The smallest absolute Gasteiger partial charge is 0.285 e. The Hall–Kier alpha value is -1.58. The van der Waals surface area contributed by atoms with E-state index in [0.717, 1.165) is 0 Å². The van der Waals surface area contributed by atoms with E-state index >= 15 is 0 Å². The highest BCUT2D eigenvalue weighted by Gasteiger charge is 1.96. The van der Waals surface area contributed by atoms with Crippen molar-refractivity contribution in [2.24, 2.45) is 0 Å². The molecular formula is C6H4N3O. The van der Waals surface area contributed by atoms with Crippen molar-refractivity contribution < 1.29 is 4.42 Å². The van der Waals surface area contributed by atoms with Crippen LogP contribution in [0.5, 0.6) is 0 Å². The zero-order chi connectivity index (χ0) is 6.81. The fourth-order valence-electron chi connectivity index (χ4n) is 0.688. The van der Waals surface area contributed by atoms with Crippen molar-refractivity contribution in [3.63, 3.8) is 0 Å². The van der Waals surface area contributed by atoms with E-state index in [2.05, 4.69) is 20.9 Å². The molecule has 1 radical (unpaired) electrons. The predicted molar refractivity (Wildman–Crippen MR) is 32.5 cm³/mol. The molecule has 0 fully saturated rings. The fourth-order valence-corrected chi connectivity index (χ4v) is 0.688. The lowest BCUT2D eigenvalue weighted by Crippen LogP contribution is -1.92. The van der Waals surface area contributed by atoms with Crippen molar-refractivity contribution in [2.75, 3.05) is 0 Å². The van der Waals surface area contributed by atoms with Gasteiger partial charge in [-0.3, -0.25) is 0 Å². The summed E-state index contributed by atoms with van der Waals surface area (Å²) in [5.74, 6) is 0.644. The van der Waals surface area contributed by atoms with Gasteiger partial charge in [-0.25, -0.2) is 4.68 Å². The van der Waals surface area contributed by atoms with E-state index in [1.54, 1.807) is 17.1 Å². The van der Waals surface area contributed by atoms with Gasteiger partial charge in [0.25, 0.3) is 6.39 Å². The molecule has 4 nitrogen and oxygen atoms in total. The van der Waals surface area contributed by atoms with E-state index in [-0.39, 0.29) is 0 Å². The SMILES string of the molecule is [c]1nc(-n2cccn2)co1. The van der Waals surface area contributed by atoms with Gasteiger partial charge in [0.2, 0.25) is 0 Å². The van der Waals surface area contributed by atoms with E-state index in [1.807, 2.05) is 6.07 Å². The molecule has 4 heteroatoms. The lowest BCUT2D eigenvalue weighted by molar-refractivity contribution is 0.546. The minimum absolute atomic E-state index is 0.644. The van der Waals surface area contributed by atoms with Crippen LogP contribution in [0, 0.1) is 6.39 Å². The summed E-state index contributed by atoms with van der Waals surface area (Å²) < 4.78 is 6.24. The molecule has 10 heavy (non-hydrogen) atoms. The minimum atomic E-state index is 0.644. The lowest BCUT2D eigenvalue weighted by atomic mass is 10.7. The van der Waals surface area contributed by atoms with Gasteiger partial charge < -0.3 is 4.42 Å². The van der Waals surface area contributed by atoms with Crippen LogP contribution in [-0.4, -0.2) is 14.8 Å². The number of oxazole rings is 1. The summed E-state index contributed by atoms with van der Waals surface area (Å²) in [5.41, 5.74) is 0. The van der Waals surface area contributed by atoms with Crippen molar-refractivity contribution in [2.45, 2.75) is 0 Å². The fraction of sp³-hybridized carbons (Fsp3) is 0. The maximum Gasteiger partial charge on any atom is 0.285 e. The number of nitrogens with zero attached hydrogens (tertiary/aromatic N) is 3. The molecule has 0 spiro atoms. The summed E-state index contributed by atoms with van der Waals surface area (Å²) in [6, 6.07) is 1.81. The van der Waals surface area contributed by atoms with Crippen LogP contribution in [0.3, 0.4) is 0 Å². The van der Waals surface area contributed by atoms with Crippen molar-refractivity contribution >= 4 is 0 Å². The van der Waals surface area contributed by atoms with Crippen LogP contribution in [0.25, 0.3) is 5.82 Å². The van der Waals surface area contributed by atoms with Gasteiger partial charge in [-0.05, 0) is 6.07 Å². The van der Waals surface area contributed by atoms with Crippen LogP contribution < -0.4 is 0 Å². The zero-order valence-corrected chi connectivity index (χ0v) is 5.06. The Morgan fingerprint density at radius 1 is 1.60 bits per heavy atom. The lowest BCUT2D eigenvalue weighted by Gasteiger charge is -1.88. The van der Waals surface area contributed by atoms with Crippen molar-refractivity contribution in [1.29, 1.82) is 0 Å². The van der Waals surface area contributed by atoms with Gasteiger partial charge in [0.1, 0.15) is 6.26 Å². The monoisotopic (exact) mass is 134 g/mol. The topological polar surface area (TPSA) is 43.9 Å². The van der Waals surface area contributed by atoms with Gasteiger partial charge in [-0.1, -0.05) is 0 Å². The van der Waals surface area contributed by atoms with Crippen LogP contribution in [0.1, 0.15) is 0 Å². The Bertz CT molecular complexity index is 252. The molecule has 0 atom stereocenters. The molecule has 0 aliphatic heterocycles. The molecule has 0 aliphatic rings. The van der Waals surface area contributed by atoms with Crippen LogP contribution >= 0.6 is 0 Å². The highest BCUT2D eigenvalue weighted by molar-refractivity contribution is 5.12. The Morgan fingerprint density at radius 3 is 3.20 bits per heavy atom. The summed E-state index contributed by atoms with van der Waals surface area (Å²) >= 11 is 0. The second-order valence-electron chi connectivity index (χ2n) is 1.75. The molecule has 0 amide bonds. The van der Waals surface area contributed by atoms with Gasteiger partial charge in [0.05, 0.1) is 0 Å². The van der Waals surface area contributed by atoms with E-state index in [0.29, 0.717) is 5.82 Å². The Labute approximate surface area is 57.1 Å². The number of rotatable bonds is 1. The van der Waals surface area contributed by atoms with Gasteiger partial charge in [-0.15, -0.1) is 0 Å². The second-order valence-corrected chi connectivity index (χ2v) is 1.75. The molecule has 0 saturated heterocycles. The average molecular weight is 134 g/mol. The molecule has 0 bridgehead atoms. The second kappa shape index (κ2) is 1.98. The number of hydrogen-bond acceptors (Lipinski definition) is 3. The zero-order valence-electron chi connectivity index (χ0n) is 5.06. The third-order valence-corrected chi connectivity index (χ3v) is 1.12. The molecule has 0 aliphatic carbocycles. The Kier molecular flexibility index (Phi) is 1.04. The molecule has 2 aromatic rings. The largest absolute Gasteiger partial charge is 0.439 e. The number of hydrogen-bond donors (Lipinski definition) is 0. The van der Waals surface area contributed by atoms with Crippen molar-refractivity contribution in [3.8, 4) is 5.82 Å². The van der Waals surface area contributed by atoms with Crippen molar-refractivity contribution in [3.05, 3.63) is 31.1 Å². The standard InChI is InChI=1S/C6H4N3O/c1-2-8-9(3-1)6-4-10-5-7-6/h1-4H. The highest BCUT2D eigenvalue weighted by atomic mass is 16.3. The quantitative estimate of drug-likeness (QED) is 0.575. The highest BCUT2D eigenvalue weighted by Crippen LogP contribution is 1.99. The molecule has 0 aromatic carbocycles. The van der Waals surface area contributed by atoms with Crippen LogP contribution in [0.2, 0.25) is 0 Å². The molecule has 49 valence electrons. The van der Waals surface area contributed by atoms with Gasteiger partial charge in [0, 0.05) is 12.4 Å².